The fourth-order valence-electron chi connectivity index (χ4n) is 2.78. The minimum atomic E-state index is -0.488. The summed E-state index contributed by atoms with van der Waals surface area (Å²) >= 11 is 0. The number of rotatable bonds is 6. The molecule has 0 radical (unpaired) electrons. The molecule has 5 nitrogen and oxygen atoms in total. The van der Waals surface area contributed by atoms with Gasteiger partial charge in [0.15, 0.2) is 0 Å². The van der Waals surface area contributed by atoms with Crippen molar-refractivity contribution in [3.05, 3.63) is 0 Å². The van der Waals surface area contributed by atoms with Crippen LogP contribution >= 0.6 is 0 Å². The minimum Gasteiger partial charge on any atom is -0.341 e. The van der Waals surface area contributed by atoms with E-state index in [0.717, 1.165) is 19.3 Å². The molecule has 1 aliphatic rings. The maximum absolute atomic E-state index is 12.2. The molecule has 20 heavy (non-hydrogen) atoms. The largest absolute Gasteiger partial charge is 0.341 e. The Balaban J connectivity index is 2.45. The summed E-state index contributed by atoms with van der Waals surface area (Å²) in [4.78, 5) is 27.5. The van der Waals surface area contributed by atoms with Gasteiger partial charge in [-0.2, -0.15) is 0 Å². The van der Waals surface area contributed by atoms with Gasteiger partial charge in [0.05, 0.1) is 12.6 Å². The van der Waals surface area contributed by atoms with Crippen LogP contribution in [0.5, 0.6) is 0 Å². The zero-order chi connectivity index (χ0) is 15.1. The van der Waals surface area contributed by atoms with Crippen molar-refractivity contribution in [1.82, 2.24) is 9.80 Å². The van der Waals surface area contributed by atoms with Gasteiger partial charge >= 0.3 is 0 Å². The van der Waals surface area contributed by atoms with Gasteiger partial charge in [-0.15, -0.1) is 0 Å². The summed E-state index contributed by atoms with van der Waals surface area (Å²) in [5.74, 6) is -0.131. The van der Waals surface area contributed by atoms with Gasteiger partial charge in [-0.1, -0.05) is 32.6 Å². The minimum absolute atomic E-state index is 0.0106. The zero-order valence-electron chi connectivity index (χ0n) is 13.1. The van der Waals surface area contributed by atoms with Gasteiger partial charge in [-0.25, -0.2) is 0 Å². The van der Waals surface area contributed by atoms with E-state index < -0.39 is 6.04 Å². The second kappa shape index (κ2) is 8.25. The predicted molar refractivity (Wildman–Crippen MR) is 80.2 cm³/mol. The third-order valence-electron chi connectivity index (χ3n) is 4.18. The summed E-state index contributed by atoms with van der Waals surface area (Å²) in [6, 6.07) is -0.151. The van der Waals surface area contributed by atoms with Crippen LogP contribution in [-0.4, -0.2) is 54.3 Å². The van der Waals surface area contributed by atoms with E-state index in [4.69, 9.17) is 5.73 Å². The van der Waals surface area contributed by atoms with E-state index in [9.17, 15) is 9.59 Å². The lowest BCUT2D eigenvalue weighted by Crippen LogP contribution is -2.48. The number of hydrogen-bond donors (Lipinski definition) is 1. The fraction of sp³-hybridized carbons (Fsp3) is 0.867. The van der Waals surface area contributed by atoms with E-state index in [1.807, 2.05) is 18.9 Å². The van der Waals surface area contributed by atoms with E-state index >= 15 is 0 Å². The van der Waals surface area contributed by atoms with Crippen molar-refractivity contribution in [1.29, 1.82) is 0 Å². The molecule has 2 amide bonds. The summed E-state index contributed by atoms with van der Waals surface area (Å²) in [5.41, 5.74) is 5.81. The number of likely N-dealkylation sites (N-methyl/N-ethyl adjacent to an activating group) is 2. The van der Waals surface area contributed by atoms with E-state index in [-0.39, 0.29) is 18.4 Å². The van der Waals surface area contributed by atoms with Crippen molar-refractivity contribution in [2.75, 3.05) is 20.6 Å². The number of carbonyl (C=O) groups excluding carboxylic acids is 2. The Labute approximate surface area is 122 Å². The van der Waals surface area contributed by atoms with Crippen LogP contribution in [0.25, 0.3) is 0 Å². The number of amides is 2. The molecule has 1 fully saturated rings. The Hall–Kier alpha value is -1.10. The summed E-state index contributed by atoms with van der Waals surface area (Å²) in [7, 11) is 3.51. The van der Waals surface area contributed by atoms with Crippen LogP contribution in [0.3, 0.4) is 0 Å². The van der Waals surface area contributed by atoms with Crippen molar-refractivity contribution >= 4 is 11.8 Å². The Morgan fingerprint density at radius 3 is 2.35 bits per heavy atom. The topological polar surface area (TPSA) is 66.6 Å². The van der Waals surface area contributed by atoms with Gasteiger partial charge in [0.2, 0.25) is 11.8 Å². The first kappa shape index (κ1) is 17.0. The van der Waals surface area contributed by atoms with E-state index in [1.54, 1.807) is 7.05 Å². The van der Waals surface area contributed by atoms with Gasteiger partial charge in [0.25, 0.3) is 0 Å². The monoisotopic (exact) mass is 283 g/mol. The molecule has 116 valence electrons. The highest BCUT2D eigenvalue weighted by atomic mass is 16.2. The van der Waals surface area contributed by atoms with Gasteiger partial charge in [0, 0.05) is 20.1 Å². The first-order valence-corrected chi connectivity index (χ1v) is 7.73. The average Bonchev–Trinajstić information content (AvgIpc) is 2.46. The summed E-state index contributed by atoms with van der Waals surface area (Å²) < 4.78 is 0. The van der Waals surface area contributed by atoms with Crippen molar-refractivity contribution in [3.63, 3.8) is 0 Å². The quantitative estimate of drug-likeness (QED) is 0.800. The fourth-order valence-corrected chi connectivity index (χ4v) is 2.78. The number of carbonyl (C=O) groups is 2. The molecular weight excluding hydrogens is 254 g/mol. The number of nitrogens with two attached hydrogens (primary N) is 1. The molecule has 0 aromatic rings. The van der Waals surface area contributed by atoms with Crippen molar-refractivity contribution in [2.24, 2.45) is 5.73 Å². The molecular formula is C15H29N3O2. The summed E-state index contributed by atoms with van der Waals surface area (Å²) in [6.45, 7) is 2.12. The van der Waals surface area contributed by atoms with Crippen LogP contribution in [0.4, 0.5) is 0 Å². The maximum atomic E-state index is 12.2. The third-order valence-corrected chi connectivity index (χ3v) is 4.18. The lowest BCUT2D eigenvalue weighted by Gasteiger charge is -2.32. The van der Waals surface area contributed by atoms with E-state index in [0.29, 0.717) is 12.5 Å². The molecule has 0 spiro atoms. The van der Waals surface area contributed by atoms with Crippen LogP contribution in [0.15, 0.2) is 0 Å². The molecule has 0 heterocycles. The molecule has 1 aliphatic carbocycles. The molecule has 0 aromatic heterocycles. The van der Waals surface area contributed by atoms with E-state index in [2.05, 4.69) is 0 Å². The van der Waals surface area contributed by atoms with Crippen LogP contribution in [0.2, 0.25) is 0 Å². The zero-order valence-corrected chi connectivity index (χ0v) is 13.1. The lowest BCUT2D eigenvalue weighted by molar-refractivity contribution is -0.140. The van der Waals surface area contributed by atoms with Gasteiger partial charge in [-0.3, -0.25) is 9.59 Å². The number of hydrogen-bond acceptors (Lipinski definition) is 3. The Bertz CT molecular complexity index is 327. The molecule has 0 aromatic carbocycles. The summed E-state index contributed by atoms with van der Waals surface area (Å²) in [6.07, 6.45) is 7.34. The Morgan fingerprint density at radius 1 is 1.20 bits per heavy atom. The van der Waals surface area contributed by atoms with Crippen LogP contribution in [0, 0.1) is 0 Å². The highest BCUT2D eigenvalue weighted by Gasteiger charge is 2.25. The molecule has 0 unspecified atom stereocenters. The first-order valence-electron chi connectivity index (χ1n) is 7.73. The second-order valence-electron chi connectivity index (χ2n) is 5.89. The van der Waals surface area contributed by atoms with E-state index in [1.165, 1.54) is 24.2 Å². The second-order valence-corrected chi connectivity index (χ2v) is 5.89. The Kier molecular flexibility index (Phi) is 6.99. The molecule has 1 saturated carbocycles. The van der Waals surface area contributed by atoms with Crippen LogP contribution < -0.4 is 5.73 Å². The standard InChI is InChI=1S/C15H29N3O2/c1-4-8-13(16)15(20)17(2)11-14(19)18(3)12-9-6-5-7-10-12/h12-13H,4-11,16H2,1-3H3/t13-/m0/s1. The number of nitrogens with zero attached hydrogens (tertiary/aromatic N) is 2. The molecule has 0 saturated heterocycles. The smallest absolute Gasteiger partial charge is 0.242 e. The highest BCUT2D eigenvalue weighted by Crippen LogP contribution is 2.21. The van der Waals surface area contributed by atoms with Gasteiger partial charge in [-0.05, 0) is 19.3 Å². The molecule has 0 bridgehead atoms. The van der Waals surface area contributed by atoms with Crippen LogP contribution in [0.1, 0.15) is 51.9 Å². The molecule has 1 atom stereocenters. The summed E-state index contributed by atoms with van der Waals surface area (Å²) in [5, 5.41) is 0. The molecule has 2 N–H and O–H groups in total. The van der Waals surface area contributed by atoms with Gasteiger partial charge in [0.1, 0.15) is 0 Å². The lowest BCUT2D eigenvalue weighted by atomic mass is 9.94. The van der Waals surface area contributed by atoms with Crippen molar-refractivity contribution < 1.29 is 9.59 Å². The predicted octanol–water partition coefficient (Wildman–Crippen LogP) is 1.36. The first-order chi connectivity index (χ1) is 9.47. The van der Waals surface area contributed by atoms with Gasteiger partial charge < -0.3 is 15.5 Å². The maximum Gasteiger partial charge on any atom is 0.242 e. The third kappa shape index (κ3) is 4.78. The normalized spacial score (nSPS) is 17.6. The highest BCUT2D eigenvalue weighted by molar-refractivity contribution is 5.87. The van der Waals surface area contributed by atoms with Crippen molar-refractivity contribution in [3.8, 4) is 0 Å². The molecule has 0 aliphatic heterocycles. The molecule has 5 heteroatoms. The van der Waals surface area contributed by atoms with Crippen LogP contribution in [-0.2, 0) is 9.59 Å². The molecule has 1 rings (SSSR count). The SMILES string of the molecule is CCC[C@H](N)C(=O)N(C)CC(=O)N(C)C1CCCCC1. The average molecular weight is 283 g/mol. The Morgan fingerprint density at radius 2 is 1.80 bits per heavy atom. The van der Waals surface area contributed by atoms with Crippen molar-refractivity contribution in [2.45, 2.75) is 64.0 Å².